The van der Waals surface area contributed by atoms with E-state index in [0.29, 0.717) is 24.2 Å². The fourth-order valence-electron chi connectivity index (χ4n) is 5.10. The minimum atomic E-state index is -1.08. The summed E-state index contributed by atoms with van der Waals surface area (Å²) in [7, 11) is 0. The summed E-state index contributed by atoms with van der Waals surface area (Å²) < 4.78 is 1.00. The molecular weight excluding hydrogens is 532 g/mol. The summed E-state index contributed by atoms with van der Waals surface area (Å²) in [5, 5.41) is 23.0. The number of nitrogens with one attached hydrogen (secondary N) is 2. The van der Waals surface area contributed by atoms with E-state index >= 15 is 0 Å². The monoisotopic (exact) mass is 562 g/mol. The Morgan fingerprint density at radius 3 is 2.42 bits per heavy atom. The normalized spacial score (nSPS) is 21.7. The molecule has 4 atom stereocenters. The van der Waals surface area contributed by atoms with Crippen molar-refractivity contribution >= 4 is 35.5 Å². The molecule has 3 heterocycles. The predicted octanol–water partition coefficient (Wildman–Crippen LogP) is 1.75. The highest BCUT2D eigenvalue weighted by molar-refractivity contribution is 8.01. The van der Waals surface area contributed by atoms with E-state index in [-0.39, 0.29) is 12.3 Å². The number of hydrogen-bond acceptors (Lipinski definition) is 7. The summed E-state index contributed by atoms with van der Waals surface area (Å²) in [6, 6.07) is 15.7. The number of carbonyl (C=O) groups excluding carboxylic acids is 3. The van der Waals surface area contributed by atoms with Crippen LogP contribution in [-0.2, 0) is 32.1 Å². The Bertz CT molecular complexity index is 1410. The third-order valence-corrected chi connectivity index (χ3v) is 8.63. The Hall–Kier alpha value is -4.19. The van der Waals surface area contributed by atoms with E-state index in [1.54, 1.807) is 55.1 Å². The highest BCUT2D eigenvalue weighted by atomic mass is 32.2. The smallest absolute Gasteiger partial charge is 0.327 e. The molecule has 3 aromatic rings. The van der Waals surface area contributed by atoms with Gasteiger partial charge in [-0.25, -0.2) is 9.48 Å². The molecule has 208 valence electrons. The van der Waals surface area contributed by atoms with E-state index in [4.69, 9.17) is 0 Å². The number of benzene rings is 2. The number of nitrogens with zero attached hydrogens (tertiary/aromatic N) is 4. The topological polar surface area (TPSA) is 147 Å². The van der Waals surface area contributed by atoms with Crippen molar-refractivity contribution in [2.45, 2.75) is 61.5 Å². The summed E-state index contributed by atoms with van der Waals surface area (Å²) in [5.74, 6) is -2.41. The van der Waals surface area contributed by atoms with Gasteiger partial charge < -0.3 is 20.6 Å². The fourth-order valence-corrected chi connectivity index (χ4v) is 6.73. The van der Waals surface area contributed by atoms with Crippen molar-refractivity contribution in [3.8, 4) is 0 Å². The molecule has 11 nitrogen and oxygen atoms in total. The second-order valence-electron chi connectivity index (χ2n) is 10.4. The van der Waals surface area contributed by atoms with Gasteiger partial charge in [0.25, 0.3) is 0 Å². The van der Waals surface area contributed by atoms with Gasteiger partial charge >= 0.3 is 5.97 Å². The van der Waals surface area contributed by atoms with Crippen molar-refractivity contribution in [3.05, 3.63) is 83.7 Å². The van der Waals surface area contributed by atoms with Gasteiger partial charge in [-0.1, -0.05) is 65.9 Å². The van der Waals surface area contributed by atoms with Crippen molar-refractivity contribution < 1.29 is 24.3 Å². The predicted molar refractivity (Wildman–Crippen MR) is 147 cm³/mol. The van der Waals surface area contributed by atoms with Gasteiger partial charge in [-0.2, -0.15) is 0 Å². The van der Waals surface area contributed by atoms with Gasteiger partial charge in [0.15, 0.2) is 0 Å². The van der Waals surface area contributed by atoms with Gasteiger partial charge in [-0.3, -0.25) is 14.4 Å². The highest BCUT2D eigenvalue weighted by Crippen LogP contribution is 2.50. The summed E-state index contributed by atoms with van der Waals surface area (Å²) >= 11 is 1.34. The number of rotatable bonds is 10. The molecule has 40 heavy (non-hydrogen) atoms. The molecule has 0 spiro atoms. The van der Waals surface area contributed by atoms with E-state index < -0.39 is 46.0 Å². The lowest BCUT2D eigenvalue weighted by Gasteiger charge is -2.44. The van der Waals surface area contributed by atoms with Crippen LogP contribution in [0.2, 0.25) is 0 Å². The summed E-state index contributed by atoms with van der Waals surface area (Å²) in [5.41, 5.74) is 2.30. The Balaban J connectivity index is 1.21. The summed E-state index contributed by atoms with van der Waals surface area (Å²) in [6.45, 7) is 4.11. The number of aliphatic carboxylic acids is 1. The first kappa shape index (κ1) is 27.4. The highest BCUT2D eigenvalue weighted by Gasteiger charge is 2.64. The van der Waals surface area contributed by atoms with Gasteiger partial charge in [0, 0.05) is 23.8 Å². The van der Waals surface area contributed by atoms with Gasteiger partial charge in [0.05, 0.1) is 12.2 Å². The second kappa shape index (κ2) is 11.1. The average Bonchev–Trinajstić information content (AvgIpc) is 3.49. The standard InChI is InChI=1S/C28H30N6O5S/c1-28(2)23(27(38)39)34-25(37)22(26(34)40-28)30-24(36)21(18-11-7-4-8-12-18)29-20(35)14-13-19-16-33(32-31-19)15-17-9-5-3-6-10-17/h3-12,16,21-23,26H,13-15H2,1-2H3,(H,29,35)(H,30,36)(H,38,39)/t21-,22-,23+,26?/m1/s1. The molecule has 3 amide bonds. The van der Waals surface area contributed by atoms with Crippen LogP contribution in [0.1, 0.15) is 43.1 Å². The van der Waals surface area contributed by atoms with E-state index in [9.17, 15) is 24.3 Å². The van der Waals surface area contributed by atoms with Crippen molar-refractivity contribution in [2.75, 3.05) is 0 Å². The maximum Gasteiger partial charge on any atom is 0.327 e. The quantitative estimate of drug-likeness (QED) is 0.317. The summed E-state index contributed by atoms with van der Waals surface area (Å²) in [4.78, 5) is 52.3. The molecule has 3 N–H and O–H groups in total. The molecule has 2 aliphatic rings. The zero-order valence-corrected chi connectivity index (χ0v) is 22.9. The SMILES string of the molecule is CC1(C)SC2[C@H](NC(=O)[C@H](NC(=O)CCc3cn(Cc4ccccc4)nn3)c3ccccc3)C(=O)N2[C@H]1C(=O)O. The van der Waals surface area contributed by atoms with Crippen LogP contribution in [0, 0.1) is 0 Å². The van der Waals surface area contributed by atoms with Crippen LogP contribution in [0.3, 0.4) is 0 Å². The Morgan fingerprint density at radius 1 is 1.07 bits per heavy atom. The number of β-lactam (4-membered cyclic amide) rings is 1. The van der Waals surface area contributed by atoms with Crippen LogP contribution in [0.25, 0.3) is 0 Å². The number of thioether (sulfide) groups is 1. The minimum absolute atomic E-state index is 0.0870. The molecule has 5 rings (SSSR count). The van der Waals surface area contributed by atoms with Crippen molar-refractivity contribution in [3.63, 3.8) is 0 Å². The first-order valence-electron chi connectivity index (χ1n) is 12.9. The lowest BCUT2D eigenvalue weighted by molar-refractivity contribution is -0.161. The molecule has 0 aliphatic carbocycles. The minimum Gasteiger partial charge on any atom is -0.480 e. The second-order valence-corrected chi connectivity index (χ2v) is 12.2. The van der Waals surface area contributed by atoms with Gasteiger partial charge in [0.2, 0.25) is 17.7 Å². The zero-order valence-electron chi connectivity index (χ0n) is 22.1. The molecule has 2 aromatic carbocycles. The molecule has 1 aromatic heterocycles. The molecule has 2 aliphatic heterocycles. The molecular formula is C28H30N6O5S. The Kier molecular flexibility index (Phi) is 7.61. The van der Waals surface area contributed by atoms with E-state index in [2.05, 4.69) is 20.9 Å². The maximum atomic E-state index is 13.4. The molecule has 1 unspecified atom stereocenters. The van der Waals surface area contributed by atoms with Crippen LogP contribution in [0.15, 0.2) is 66.9 Å². The van der Waals surface area contributed by atoms with Crippen LogP contribution in [-0.4, -0.2) is 70.9 Å². The lowest BCUT2D eigenvalue weighted by Crippen LogP contribution is -2.71. The van der Waals surface area contributed by atoms with E-state index in [1.165, 1.54) is 16.7 Å². The molecule has 2 fully saturated rings. The van der Waals surface area contributed by atoms with Crippen LogP contribution < -0.4 is 10.6 Å². The number of fused-ring (bicyclic) bond motifs is 1. The zero-order chi connectivity index (χ0) is 28.4. The van der Waals surface area contributed by atoms with Crippen molar-refractivity contribution in [1.29, 1.82) is 0 Å². The number of carboxylic acid groups (broad SMARTS) is 1. The first-order valence-corrected chi connectivity index (χ1v) is 13.8. The number of amides is 3. The van der Waals surface area contributed by atoms with Crippen molar-refractivity contribution in [2.24, 2.45) is 0 Å². The van der Waals surface area contributed by atoms with Gasteiger partial charge in [0.1, 0.15) is 23.5 Å². The van der Waals surface area contributed by atoms with Crippen LogP contribution in [0.4, 0.5) is 0 Å². The van der Waals surface area contributed by atoms with Gasteiger partial charge in [-0.05, 0) is 25.0 Å². The molecule has 12 heteroatoms. The number of carbonyl (C=O) groups is 4. The van der Waals surface area contributed by atoms with Crippen LogP contribution in [0.5, 0.6) is 0 Å². The average molecular weight is 563 g/mol. The number of aromatic nitrogens is 3. The molecule has 0 radical (unpaired) electrons. The summed E-state index contributed by atoms with van der Waals surface area (Å²) in [6.07, 6.45) is 2.22. The lowest BCUT2D eigenvalue weighted by atomic mass is 9.95. The Labute approximate surface area is 235 Å². The Morgan fingerprint density at radius 2 is 1.75 bits per heavy atom. The fraction of sp³-hybridized carbons (Fsp3) is 0.357. The third kappa shape index (κ3) is 5.57. The largest absolute Gasteiger partial charge is 0.480 e. The van der Waals surface area contributed by atoms with E-state index in [1.807, 2.05) is 30.3 Å². The maximum absolute atomic E-state index is 13.4. The third-order valence-electron chi connectivity index (χ3n) is 7.05. The molecule has 0 saturated carbocycles. The van der Waals surface area contributed by atoms with Crippen LogP contribution >= 0.6 is 11.8 Å². The number of carboxylic acids is 1. The number of hydrogen-bond donors (Lipinski definition) is 3. The number of aryl methyl sites for hydroxylation is 1. The molecule has 2 saturated heterocycles. The first-order chi connectivity index (χ1) is 19.1. The van der Waals surface area contributed by atoms with Crippen molar-refractivity contribution in [1.82, 2.24) is 30.5 Å². The molecule has 0 bridgehead atoms. The van der Waals surface area contributed by atoms with E-state index in [0.717, 1.165) is 5.56 Å². The van der Waals surface area contributed by atoms with Gasteiger partial charge in [-0.15, -0.1) is 16.9 Å².